The van der Waals surface area contributed by atoms with Crippen LogP contribution in [0.1, 0.15) is 23.0 Å². The van der Waals surface area contributed by atoms with Crippen LogP contribution in [-0.2, 0) is 11.2 Å². The van der Waals surface area contributed by atoms with E-state index in [1.807, 2.05) is 24.3 Å². The van der Waals surface area contributed by atoms with E-state index in [4.69, 9.17) is 4.42 Å². The Kier molecular flexibility index (Phi) is 4.51. The van der Waals surface area contributed by atoms with Crippen molar-refractivity contribution in [1.29, 1.82) is 0 Å². The van der Waals surface area contributed by atoms with Crippen molar-refractivity contribution in [2.75, 3.05) is 18.4 Å². The maximum absolute atomic E-state index is 12.2. The van der Waals surface area contributed by atoms with Gasteiger partial charge in [-0.15, -0.1) is 0 Å². The quantitative estimate of drug-likeness (QED) is 0.663. The van der Waals surface area contributed by atoms with Crippen LogP contribution in [-0.4, -0.2) is 34.7 Å². The maximum atomic E-state index is 12.2. The van der Waals surface area contributed by atoms with Gasteiger partial charge < -0.3 is 14.6 Å². The molecule has 2 heterocycles. The number of likely N-dealkylation sites (tertiary alicyclic amines) is 1. The van der Waals surface area contributed by atoms with Crippen LogP contribution in [0.4, 0.5) is 11.6 Å². The van der Waals surface area contributed by atoms with E-state index in [1.165, 1.54) is 16.5 Å². The summed E-state index contributed by atoms with van der Waals surface area (Å²) in [5.41, 5.74) is 1.90. The molecule has 0 aliphatic carbocycles. The van der Waals surface area contributed by atoms with E-state index in [0.717, 1.165) is 12.5 Å². The Balaban J connectivity index is 1.53. The molecule has 1 aromatic heterocycles. The fraction of sp³-hybridized carbons (Fsp3) is 0.294. The summed E-state index contributed by atoms with van der Waals surface area (Å²) < 4.78 is 4.89. The highest BCUT2D eigenvalue weighted by Gasteiger charge is 2.37. The third-order valence-electron chi connectivity index (χ3n) is 4.15. The third kappa shape index (κ3) is 3.52. The Bertz CT molecular complexity index is 806. The first kappa shape index (κ1) is 16.7. The summed E-state index contributed by atoms with van der Waals surface area (Å²) >= 11 is 0. The van der Waals surface area contributed by atoms with Gasteiger partial charge in [-0.2, -0.15) is 0 Å². The molecule has 2 amide bonds. The van der Waals surface area contributed by atoms with Crippen molar-refractivity contribution in [3.8, 4) is 0 Å². The van der Waals surface area contributed by atoms with Gasteiger partial charge in [-0.25, -0.2) is 0 Å². The van der Waals surface area contributed by atoms with Crippen LogP contribution in [0.3, 0.4) is 0 Å². The number of anilines is 1. The van der Waals surface area contributed by atoms with Crippen LogP contribution in [0.25, 0.3) is 0 Å². The summed E-state index contributed by atoms with van der Waals surface area (Å²) in [6.45, 7) is 2.57. The Morgan fingerprint density at radius 2 is 1.92 bits per heavy atom. The zero-order valence-electron chi connectivity index (χ0n) is 13.6. The lowest BCUT2D eigenvalue weighted by molar-refractivity contribution is -0.402. The molecular weight excluding hydrogens is 326 g/mol. The molecule has 25 heavy (non-hydrogen) atoms. The lowest BCUT2D eigenvalue weighted by Gasteiger charge is -2.37. The smallest absolute Gasteiger partial charge is 0.395 e. The second kappa shape index (κ2) is 6.76. The minimum absolute atomic E-state index is 0.0966. The number of amides is 2. The van der Waals surface area contributed by atoms with Crippen molar-refractivity contribution in [3.63, 3.8) is 0 Å². The molecule has 0 unspecified atom stereocenters. The van der Waals surface area contributed by atoms with Crippen molar-refractivity contribution < 1.29 is 18.9 Å². The first-order chi connectivity index (χ1) is 12.0. The van der Waals surface area contributed by atoms with Gasteiger partial charge in [-0.3, -0.25) is 19.7 Å². The highest BCUT2D eigenvalue weighted by Crippen LogP contribution is 2.23. The zero-order chi connectivity index (χ0) is 18.0. The van der Waals surface area contributed by atoms with Gasteiger partial charge in [0, 0.05) is 18.8 Å². The van der Waals surface area contributed by atoms with E-state index in [2.05, 4.69) is 12.2 Å². The highest BCUT2D eigenvalue weighted by atomic mass is 16.6. The maximum Gasteiger partial charge on any atom is 0.433 e. The van der Waals surface area contributed by atoms with Crippen molar-refractivity contribution in [2.45, 2.75) is 13.3 Å². The van der Waals surface area contributed by atoms with Gasteiger partial charge in [0.2, 0.25) is 5.91 Å². The van der Waals surface area contributed by atoms with Gasteiger partial charge >= 0.3 is 5.88 Å². The molecule has 1 aromatic carbocycles. The Morgan fingerprint density at radius 1 is 1.24 bits per heavy atom. The normalized spacial score (nSPS) is 14.0. The van der Waals surface area contributed by atoms with Gasteiger partial charge in [0.25, 0.3) is 5.91 Å². The molecule has 0 radical (unpaired) electrons. The largest absolute Gasteiger partial charge is 0.433 e. The number of aryl methyl sites for hydroxylation is 1. The lowest BCUT2D eigenvalue weighted by Crippen LogP contribution is -2.54. The van der Waals surface area contributed by atoms with E-state index in [-0.39, 0.29) is 30.7 Å². The van der Waals surface area contributed by atoms with Crippen molar-refractivity contribution >= 4 is 23.4 Å². The lowest BCUT2D eigenvalue weighted by atomic mass is 9.98. The number of hydrogen-bond acceptors (Lipinski definition) is 5. The molecular formula is C17H17N3O5. The average Bonchev–Trinajstić information content (AvgIpc) is 3.04. The van der Waals surface area contributed by atoms with Gasteiger partial charge in [0.05, 0.1) is 12.0 Å². The molecule has 0 atom stereocenters. The Morgan fingerprint density at radius 3 is 2.48 bits per heavy atom. The van der Waals surface area contributed by atoms with Crippen molar-refractivity contribution in [3.05, 3.63) is 57.8 Å². The van der Waals surface area contributed by atoms with Crippen LogP contribution in [0.2, 0.25) is 0 Å². The summed E-state index contributed by atoms with van der Waals surface area (Å²) in [6.07, 6.45) is 0.929. The first-order valence-corrected chi connectivity index (χ1v) is 7.91. The molecule has 1 N–H and O–H groups in total. The van der Waals surface area contributed by atoms with Crippen LogP contribution in [0, 0.1) is 16.0 Å². The number of hydrogen-bond donors (Lipinski definition) is 1. The van der Waals surface area contributed by atoms with E-state index in [1.54, 1.807) is 0 Å². The zero-order valence-corrected chi connectivity index (χ0v) is 13.6. The molecule has 0 spiro atoms. The van der Waals surface area contributed by atoms with Crippen molar-refractivity contribution in [2.24, 2.45) is 5.92 Å². The van der Waals surface area contributed by atoms with E-state index in [9.17, 15) is 19.7 Å². The minimum Gasteiger partial charge on any atom is -0.395 e. The monoisotopic (exact) mass is 343 g/mol. The Hall–Kier alpha value is -3.16. The molecule has 0 bridgehead atoms. The molecule has 8 heteroatoms. The number of benzene rings is 1. The molecule has 1 aliphatic heterocycles. The second-order valence-corrected chi connectivity index (χ2v) is 5.84. The third-order valence-corrected chi connectivity index (χ3v) is 4.15. The van der Waals surface area contributed by atoms with E-state index in [0.29, 0.717) is 5.69 Å². The molecule has 1 aliphatic rings. The fourth-order valence-electron chi connectivity index (χ4n) is 2.57. The van der Waals surface area contributed by atoms with Gasteiger partial charge in [-0.1, -0.05) is 19.1 Å². The van der Waals surface area contributed by atoms with Gasteiger partial charge in [-0.05, 0) is 30.2 Å². The molecule has 3 rings (SSSR count). The molecule has 2 aromatic rings. The number of carbonyl (C=O) groups is 2. The minimum atomic E-state index is -0.701. The summed E-state index contributed by atoms with van der Waals surface area (Å²) in [6, 6.07) is 10.0. The molecule has 8 nitrogen and oxygen atoms in total. The summed E-state index contributed by atoms with van der Waals surface area (Å²) in [4.78, 5) is 35.6. The summed E-state index contributed by atoms with van der Waals surface area (Å²) in [5, 5.41) is 13.4. The van der Waals surface area contributed by atoms with Crippen LogP contribution in [0.5, 0.6) is 0 Å². The van der Waals surface area contributed by atoms with Crippen LogP contribution < -0.4 is 5.32 Å². The number of carbonyl (C=O) groups excluding carboxylic acids is 2. The predicted octanol–water partition coefficient (Wildman–Crippen LogP) is 2.46. The average molecular weight is 343 g/mol. The molecule has 1 saturated heterocycles. The number of rotatable bonds is 5. The molecule has 1 fully saturated rings. The van der Waals surface area contributed by atoms with E-state index >= 15 is 0 Å². The summed E-state index contributed by atoms with van der Waals surface area (Å²) in [7, 11) is 0. The predicted molar refractivity (Wildman–Crippen MR) is 89.2 cm³/mol. The van der Waals surface area contributed by atoms with Gasteiger partial charge in [0.15, 0.2) is 5.76 Å². The number of furan rings is 1. The SMILES string of the molecule is CCc1ccc(NC(=O)C2CN(C(=O)c3ccc([N+](=O)[O-])o3)C2)cc1. The molecule has 130 valence electrons. The Labute approximate surface area is 143 Å². The summed E-state index contributed by atoms with van der Waals surface area (Å²) in [5.74, 6) is -1.49. The highest BCUT2D eigenvalue weighted by molar-refractivity contribution is 5.97. The topological polar surface area (TPSA) is 106 Å². The van der Waals surface area contributed by atoms with Crippen LogP contribution in [0.15, 0.2) is 40.8 Å². The fourth-order valence-corrected chi connectivity index (χ4v) is 2.57. The van der Waals surface area contributed by atoms with Crippen LogP contribution >= 0.6 is 0 Å². The number of nitro groups is 1. The van der Waals surface area contributed by atoms with Crippen molar-refractivity contribution in [1.82, 2.24) is 4.90 Å². The van der Waals surface area contributed by atoms with Gasteiger partial charge in [0.1, 0.15) is 4.92 Å². The number of nitrogens with zero attached hydrogens (tertiary/aromatic N) is 2. The first-order valence-electron chi connectivity index (χ1n) is 7.91. The number of nitrogens with one attached hydrogen (secondary N) is 1. The van der Waals surface area contributed by atoms with E-state index < -0.39 is 16.7 Å². The standard InChI is InChI=1S/C17H17N3O5/c1-2-11-3-5-13(6-4-11)18-16(21)12-9-19(10-12)17(22)14-7-8-15(25-14)20(23)24/h3-8,12H,2,9-10H2,1H3,(H,18,21). The molecule has 0 saturated carbocycles. The second-order valence-electron chi connectivity index (χ2n) is 5.84.